The Bertz CT molecular complexity index is 4360. The number of furan rings is 1. The maximum atomic E-state index is 7.00. The third-order valence-corrected chi connectivity index (χ3v) is 23.4. The average molecular weight is 1020 g/mol. The fourth-order valence-corrected chi connectivity index (χ4v) is 21.1. The maximum Gasteiger partial charge on any atom is 0.333 e. The monoisotopic (exact) mass is 1010 g/mol. The Morgan fingerprint density at radius 3 is 1.87 bits per heavy atom. The molecule has 0 spiro atoms. The van der Waals surface area contributed by atoms with Gasteiger partial charge in [0.2, 0.25) is 0 Å². The topological polar surface area (TPSA) is 21.3 Å². The molecule has 8 aliphatic carbocycles. The standard InChI is InChI=1S/C72H63BN2OS/c1-70(2,3)47-17-19-60(52(27-47)46-11-5-4-6-12-46)74-62-32-54-50-13-7-9-15-63(50)76-64(54)33-59(62)73-66-55(31-58-51-14-8-10-16-65(51)77-69(58)68(66)74)57-30-49(72-37-43-24-44(38-72)26-45(25-43)39-72)29-56-53-28-48(18-20-61(53)75(73)67(56)57)71-34-40-21-41(35-71)23-42(22-40)36-71/h4-20,27-33,40-45H,21-26,34-39H2,1-3H3. The number of thiophene rings is 1. The van der Waals surface area contributed by atoms with E-state index in [0.29, 0.717) is 5.41 Å². The summed E-state index contributed by atoms with van der Waals surface area (Å²) in [5, 5.41) is 8.05. The quantitative estimate of drug-likeness (QED) is 0.164. The van der Waals surface area contributed by atoms with Crippen molar-refractivity contribution >= 4 is 110 Å². The third-order valence-electron chi connectivity index (χ3n) is 22.2. The highest BCUT2D eigenvalue weighted by molar-refractivity contribution is 7.26. The van der Waals surface area contributed by atoms with Crippen LogP contribution in [-0.2, 0) is 16.2 Å². The van der Waals surface area contributed by atoms with E-state index in [1.165, 1.54) is 186 Å². The zero-order chi connectivity index (χ0) is 50.4. The van der Waals surface area contributed by atoms with Crippen molar-refractivity contribution in [1.82, 2.24) is 4.48 Å². The predicted molar refractivity (Wildman–Crippen MR) is 324 cm³/mol. The van der Waals surface area contributed by atoms with Crippen molar-refractivity contribution in [3.63, 3.8) is 0 Å². The molecule has 8 bridgehead atoms. The lowest BCUT2D eigenvalue weighted by molar-refractivity contribution is -0.00527. The van der Waals surface area contributed by atoms with Gasteiger partial charge in [-0.15, -0.1) is 11.3 Å². The van der Waals surface area contributed by atoms with Crippen molar-refractivity contribution in [2.24, 2.45) is 35.5 Å². The molecule has 3 aromatic heterocycles. The third kappa shape index (κ3) is 5.80. The van der Waals surface area contributed by atoms with E-state index in [1.54, 1.807) is 11.1 Å². The Balaban J connectivity index is 0.973. The molecule has 376 valence electrons. The lowest BCUT2D eigenvalue weighted by atomic mass is 9.44. The van der Waals surface area contributed by atoms with Crippen LogP contribution in [0.5, 0.6) is 0 Å². The smallest absolute Gasteiger partial charge is 0.333 e. The van der Waals surface area contributed by atoms with Gasteiger partial charge in [-0.3, -0.25) is 0 Å². The van der Waals surface area contributed by atoms with Crippen molar-refractivity contribution in [1.29, 1.82) is 0 Å². The lowest BCUT2D eigenvalue weighted by Gasteiger charge is -2.57. The van der Waals surface area contributed by atoms with Gasteiger partial charge in [-0.2, -0.15) is 0 Å². The fourth-order valence-electron chi connectivity index (χ4n) is 19.8. The average Bonchev–Trinajstić information content (AvgIpc) is 4.26. The van der Waals surface area contributed by atoms with Crippen LogP contribution in [-0.4, -0.2) is 11.3 Å². The molecule has 5 heterocycles. The Hall–Kier alpha value is -6.56. The Morgan fingerprint density at radius 2 is 1.16 bits per heavy atom. The van der Waals surface area contributed by atoms with Crippen molar-refractivity contribution in [2.45, 2.75) is 114 Å². The molecule has 0 N–H and O–H groups in total. The maximum absolute atomic E-state index is 7.00. The first-order chi connectivity index (χ1) is 37.6. The second-order valence-corrected chi connectivity index (χ2v) is 28.7. The molecule has 8 fully saturated rings. The van der Waals surface area contributed by atoms with E-state index >= 15 is 0 Å². The number of aromatic nitrogens is 1. The van der Waals surface area contributed by atoms with Gasteiger partial charge in [-0.1, -0.05) is 99.6 Å². The van der Waals surface area contributed by atoms with Crippen molar-refractivity contribution in [3.05, 3.63) is 162 Å². The Kier molecular flexibility index (Phi) is 8.33. The molecule has 3 nitrogen and oxygen atoms in total. The van der Waals surface area contributed by atoms with Crippen LogP contribution in [0.1, 0.15) is 115 Å². The molecule has 8 aromatic carbocycles. The second kappa shape index (κ2) is 14.8. The molecule has 5 heteroatoms. The van der Waals surface area contributed by atoms with Gasteiger partial charge >= 0.3 is 6.85 Å². The molecule has 0 radical (unpaired) electrons. The van der Waals surface area contributed by atoms with Crippen LogP contribution in [0.2, 0.25) is 0 Å². The minimum Gasteiger partial charge on any atom is -0.456 e. The molecule has 77 heavy (non-hydrogen) atoms. The molecular formula is C72H63BN2OS. The summed E-state index contributed by atoms with van der Waals surface area (Å²) < 4.78 is 12.6. The minimum absolute atomic E-state index is 0.0337. The summed E-state index contributed by atoms with van der Waals surface area (Å²) >= 11 is 1.99. The van der Waals surface area contributed by atoms with Crippen LogP contribution in [0.25, 0.3) is 86.2 Å². The number of para-hydroxylation sites is 1. The first-order valence-corrected chi connectivity index (χ1v) is 30.5. The van der Waals surface area contributed by atoms with Gasteiger partial charge in [0.25, 0.3) is 0 Å². The van der Waals surface area contributed by atoms with Crippen LogP contribution in [0, 0.1) is 35.5 Å². The summed E-state index contributed by atoms with van der Waals surface area (Å²) in [5.74, 6) is 5.30. The van der Waals surface area contributed by atoms with Crippen LogP contribution in [0.15, 0.2) is 150 Å². The first kappa shape index (κ1) is 43.4. The highest BCUT2D eigenvalue weighted by Gasteiger charge is 2.54. The Morgan fingerprint density at radius 1 is 0.506 bits per heavy atom. The number of benzene rings is 8. The SMILES string of the molecule is CC(C)(C)c1ccc(N2c3cc4c(cc3B3c5c(cc6c(sc7ccccc76)c52)-c2cc(C56CC7CC(CC(C7)C5)C6)cc5c6cc(C78CC9CC(CC(C9)C7)C8)ccc6n3c25)oc2ccccc24)c(-c2ccccc2)c1. The van der Waals surface area contributed by atoms with E-state index in [1.807, 2.05) is 11.3 Å². The van der Waals surface area contributed by atoms with E-state index < -0.39 is 0 Å². The molecule has 0 unspecified atom stereocenters. The van der Waals surface area contributed by atoms with E-state index in [0.717, 1.165) is 46.7 Å². The molecule has 0 saturated heterocycles. The van der Waals surface area contributed by atoms with Gasteiger partial charge in [0.05, 0.1) is 16.1 Å². The zero-order valence-electron chi connectivity index (χ0n) is 44.6. The number of anilines is 3. The molecular weight excluding hydrogens is 952 g/mol. The van der Waals surface area contributed by atoms with Crippen LogP contribution in [0.3, 0.4) is 0 Å². The van der Waals surface area contributed by atoms with E-state index in [-0.39, 0.29) is 17.7 Å². The van der Waals surface area contributed by atoms with Gasteiger partial charge in [-0.05, 0) is 234 Å². The summed E-state index contributed by atoms with van der Waals surface area (Å²) in [7, 11) is 0. The molecule has 21 rings (SSSR count). The highest BCUT2D eigenvalue weighted by Crippen LogP contribution is 2.64. The Labute approximate surface area is 455 Å². The van der Waals surface area contributed by atoms with Gasteiger partial charge in [-0.25, -0.2) is 0 Å². The summed E-state index contributed by atoms with van der Waals surface area (Å²) in [6.45, 7) is 6.98. The molecule has 0 amide bonds. The minimum atomic E-state index is -0.0872. The van der Waals surface area contributed by atoms with Gasteiger partial charge in [0.1, 0.15) is 11.2 Å². The van der Waals surface area contributed by atoms with Gasteiger partial charge in [0.15, 0.2) is 0 Å². The highest BCUT2D eigenvalue weighted by atomic mass is 32.1. The van der Waals surface area contributed by atoms with Gasteiger partial charge in [0, 0.05) is 64.9 Å². The van der Waals surface area contributed by atoms with E-state index in [9.17, 15) is 0 Å². The van der Waals surface area contributed by atoms with Crippen molar-refractivity contribution in [2.75, 3.05) is 4.90 Å². The summed E-state index contributed by atoms with van der Waals surface area (Å²) in [4.78, 5) is 2.75. The van der Waals surface area contributed by atoms with Gasteiger partial charge < -0.3 is 13.8 Å². The number of hydrogen-bond donors (Lipinski definition) is 0. The summed E-state index contributed by atoms with van der Waals surface area (Å²) in [5.41, 5.74) is 21.8. The van der Waals surface area contributed by atoms with E-state index in [4.69, 9.17) is 4.42 Å². The predicted octanol–water partition coefficient (Wildman–Crippen LogP) is 18.4. The molecule has 8 saturated carbocycles. The summed E-state index contributed by atoms with van der Waals surface area (Å²) in [6.07, 6.45) is 17.0. The van der Waals surface area contributed by atoms with Crippen LogP contribution in [0.4, 0.5) is 17.1 Å². The molecule has 10 aliphatic rings. The summed E-state index contributed by atoms with van der Waals surface area (Å²) in [6, 6.07) is 58.0. The molecule has 2 aliphatic heterocycles. The first-order valence-electron chi connectivity index (χ1n) is 29.7. The fraction of sp³-hybridized carbons (Fsp3) is 0.333. The normalized spacial score (nSPS) is 27.4. The number of hydrogen-bond acceptors (Lipinski definition) is 3. The second-order valence-electron chi connectivity index (χ2n) is 27.7. The number of nitrogens with zero attached hydrogens (tertiary/aromatic N) is 2. The van der Waals surface area contributed by atoms with Crippen molar-refractivity contribution in [3.8, 4) is 22.3 Å². The van der Waals surface area contributed by atoms with Crippen LogP contribution < -0.4 is 15.8 Å². The zero-order valence-corrected chi connectivity index (χ0v) is 45.4. The lowest BCUT2D eigenvalue weighted by Crippen LogP contribution is -2.56. The van der Waals surface area contributed by atoms with Crippen molar-refractivity contribution < 1.29 is 4.42 Å². The molecule has 11 aromatic rings. The number of rotatable bonds is 4. The van der Waals surface area contributed by atoms with Crippen LogP contribution >= 0.6 is 11.3 Å². The number of fused-ring (bicyclic) bond motifs is 14. The largest absolute Gasteiger partial charge is 0.456 e. The molecule has 0 atom stereocenters. The van der Waals surface area contributed by atoms with E-state index in [2.05, 4.69) is 176 Å².